The number of halogens is 3. The van der Waals surface area contributed by atoms with Crippen molar-refractivity contribution in [1.82, 2.24) is 9.97 Å². The first-order valence-electron chi connectivity index (χ1n) is 14.4. The Morgan fingerprint density at radius 1 is 1.13 bits per heavy atom. The van der Waals surface area contributed by atoms with E-state index in [-0.39, 0.29) is 24.9 Å². The van der Waals surface area contributed by atoms with Crippen molar-refractivity contribution in [3.8, 4) is 5.75 Å². The van der Waals surface area contributed by atoms with Crippen molar-refractivity contribution in [1.29, 1.82) is 0 Å². The number of nitrogens with one attached hydrogen (secondary N) is 1. The van der Waals surface area contributed by atoms with E-state index in [1.807, 2.05) is 18.2 Å². The SMILES string of the molecule is CC(C)C(COCCCC1(c2cc3c(Nc4ccc(OCc5cccc(F)c5)c(Br)c4)ncnc3cc2F)CC=CO1)=S(=O)=O. The maximum absolute atomic E-state index is 15.6. The Morgan fingerprint density at radius 2 is 1.98 bits per heavy atom. The Morgan fingerprint density at radius 3 is 2.69 bits per heavy atom. The number of hydrogen-bond donors (Lipinski definition) is 1. The summed E-state index contributed by atoms with van der Waals surface area (Å²) in [6.45, 7) is 4.12. The zero-order valence-corrected chi connectivity index (χ0v) is 27.1. The lowest BCUT2D eigenvalue weighted by Crippen LogP contribution is -2.27. The molecule has 4 aromatic rings. The lowest BCUT2D eigenvalue weighted by atomic mass is 9.85. The fourth-order valence-electron chi connectivity index (χ4n) is 5.12. The molecule has 3 aromatic carbocycles. The number of rotatable bonds is 13. The summed E-state index contributed by atoms with van der Waals surface area (Å²) in [5, 5.41) is 3.90. The van der Waals surface area contributed by atoms with Gasteiger partial charge >= 0.3 is 0 Å². The Labute approximate surface area is 270 Å². The fraction of sp³-hybridized carbons (Fsp3) is 0.303. The second-order valence-electron chi connectivity index (χ2n) is 11.0. The summed E-state index contributed by atoms with van der Waals surface area (Å²) in [6, 6.07) is 14.8. The van der Waals surface area contributed by atoms with E-state index >= 15 is 4.39 Å². The largest absolute Gasteiger partial charge is 0.490 e. The van der Waals surface area contributed by atoms with Gasteiger partial charge in [-0.05, 0) is 82.7 Å². The maximum atomic E-state index is 15.6. The Kier molecular flexibility index (Phi) is 10.5. The van der Waals surface area contributed by atoms with Gasteiger partial charge in [-0.3, -0.25) is 0 Å². The molecule has 45 heavy (non-hydrogen) atoms. The highest BCUT2D eigenvalue weighted by Crippen LogP contribution is 2.42. The van der Waals surface area contributed by atoms with Crippen LogP contribution in [0.3, 0.4) is 0 Å². The second-order valence-corrected chi connectivity index (χ2v) is 12.8. The van der Waals surface area contributed by atoms with E-state index in [4.69, 9.17) is 14.2 Å². The monoisotopic (exact) mass is 699 g/mol. The Bertz CT molecular complexity index is 1850. The summed E-state index contributed by atoms with van der Waals surface area (Å²) < 4.78 is 70.2. The van der Waals surface area contributed by atoms with Gasteiger partial charge in [0.1, 0.15) is 41.7 Å². The van der Waals surface area contributed by atoms with Crippen molar-refractivity contribution in [3.63, 3.8) is 0 Å². The van der Waals surface area contributed by atoms with Gasteiger partial charge in [-0.15, -0.1) is 0 Å². The molecule has 1 aromatic heterocycles. The minimum Gasteiger partial charge on any atom is -0.490 e. The van der Waals surface area contributed by atoms with E-state index in [2.05, 4.69) is 31.2 Å². The van der Waals surface area contributed by atoms with E-state index in [0.717, 1.165) is 0 Å². The van der Waals surface area contributed by atoms with Gasteiger partial charge < -0.3 is 19.5 Å². The van der Waals surface area contributed by atoms with Gasteiger partial charge in [-0.1, -0.05) is 26.0 Å². The molecule has 8 nitrogen and oxygen atoms in total. The van der Waals surface area contributed by atoms with E-state index in [0.29, 0.717) is 74.5 Å². The third-order valence-electron chi connectivity index (χ3n) is 7.50. The molecule has 0 radical (unpaired) electrons. The Balaban J connectivity index is 1.33. The number of ether oxygens (including phenoxy) is 3. The molecule has 1 atom stereocenters. The minimum atomic E-state index is -2.31. The average molecular weight is 701 g/mol. The van der Waals surface area contributed by atoms with Crippen molar-refractivity contribution < 1.29 is 31.4 Å². The molecule has 0 fully saturated rings. The van der Waals surface area contributed by atoms with Crippen molar-refractivity contribution in [3.05, 3.63) is 100 Å². The average Bonchev–Trinajstić information content (AvgIpc) is 3.47. The van der Waals surface area contributed by atoms with Crippen molar-refractivity contribution in [2.75, 3.05) is 18.5 Å². The smallest absolute Gasteiger partial charge is 0.215 e. The zero-order chi connectivity index (χ0) is 32.0. The van der Waals surface area contributed by atoms with E-state index < -0.39 is 21.7 Å². The van der Waals surface area contributed by atoms with Gasteiger partial charge in [0.05, 0.1) is 27.7 Å². The van der Waals surface area contributed by atoms with Gasteiger partial charge in [0.2, 0.25) is 10.3 Å². The highest BCUT2D eigenvalue weighted by molar-refractivity contribution is 9.10. The summed E-state index contributed by atoms with van der Waals surface area (Å²) >= 11 is 3.54. The van der Waals surface area contributed by atoms with Crippen LogP contribution in [0.5, 0.6) is 5.75 Å². The van der Waals surface area contributed by atoms with Crippen molar-refractivity contribution in [2.45, 2.75) is 45.3 Å². The molecule has 0 saturated heterocycles. The normalized spacial score (nSPS) is 15.8. The van der Waals surface area contributed by atoms with E-state index in [1.54, 1.807) is 44.4 Å². The molecule has 2 heterocycles. The molecular formula is C33H32BrF2N3O5S. The summed E-state index contributed by atoms with van der Waals surface area (Å²) in [5.41, 5.74) is 1.25. The van der Waals surface area contributed by atoms with E-state index in [1.165, 1.54) is 24.5 Å². The molecule has 1 aliphatic rings. The number of aromatic nitrogens is 2. The first-order valence-corrected chi connectivity index (χ1v) is 16.3. The molecule has 12 heteroatoms. The molecule has 0 spiro atoms. The highest BCUT2D eigenvalue weighted by atomic mass is 79.9. The third kappa shape index (κ3) is 7.86. The van der Waals surface area contributed by atoms with Crippen molar-refractivity contribution >= 4 is 53.5 Å². The predicted molar refractivity (Wildman–Crippen MR) is 173 cm³/mol. The van der Waals surface area contributed by atoms with Crippen LogP contribution in [0.15, 0.2) is 77.7 Å². The highest BCUT2D eigenvalue weighted by Gasteiger charge is 2.38. The molecule has 236 valence electrons. The molecular weight excluding hydrogens is 668 g/mol. The topological polar surface area (TPSA) is 99.6 Å². The van der Waals surface area contributed by atoms with Crippen LogP contribution >= 0.6 is 15.9 Å². The number of benzene rings is 3. The molecule has 0 saturated carbocycles. The minimum absolute atomic E-state index is 0.0207. The second kappa shape index (κ2) is 14.5. The van der Waals surface area contributed by atoms with Crippen molar-refractivity contribution in [2.24, 2.45) is 5.92 Å². The number of anilines is 2. The molecule has 0 amide bonds. The van der Waals surface area contributed by atoms with Crippen LogP contribution < -0.4 is 10.1 Å². The molecule has 0 bridgehead atoms. The van der Waals surface area contributed by atoms with Crippen LogP contribution in [-0.4, -0.2) is 36.5 Å². The maximum Gasteiger partial charge on any atom is 0.215 e. The van der Waals surface area contributed by atoms with Crippen LogP contribution in [0.1, 0.15) is 44.2 Å². The van der Waals surface area contributed by atoms with Crippen LogP contribution in [0.2, 0.25) is 0 Å². The fourth-order valence-corrected chi connectivity index (χ4v) is 6.18. The molecule has 1 unspecified atom stereocenters. The van der Waals surface area contributed by atoms with Gasteiger partial charge in [0.25, 0.3) is 0 Å². The first-order chi connectivity index (χ1) is 21.6. The van der Waals surface area contributed by atoms with Crippen LogP contribution in [0, 0.1) is 17.6 Å². The van der Waals surface area contributed by atoms with Crippen LogP contribution in [0.25, 0.3) is 10.9 Å². The predicted octanol–water partition coefficient (Wildman–Crippen LogP) is 7.63. The summed E-state index contributed by atoms with van der Waals surface area (Å²) in [6.07, 6.45) is 6.23. The van der Waals surface area contributed by atoms with Crippen LogP contribution in [0.4, 0.5) is 20.3 Å². The molecule has 1 N–H and O–H groups in total. The van der Waals surface area contributed by atoms with Gasteiger partial charge in [0.15, 0.2) is 0 Å². The standard InChI is InChI=1S/C33H32BrF2N3O5S/c1-21(2)31(45(40)41)19-42-12-4-10-33(11-5-13-44-33)26-16-25-29(17-28(26)36)37-20-38-32(25)39-24-8-9-30(27(34)15-24)43-18-22-6-3-7-23(35)14-22/h3,5-9,13-17,20-21H,4,10-12,18-19H2,1-2H3,(H,37,38,39). The molecule has 0 aliphatic carbocycles. The number of fused-ring (bicyclic) bond motifs is 1. The number of hydrogen-bond acceptors (Lipinski definition) is 8. The zero-order valence-electron chi connectivity index (χ0n) is 24.7. The third-order valence-corrected chi connectivity index (χ3v) is 9.14. The summed E-state index contributed by atoms with van der Waals surface area (Å²) in [5.74, 6) is 0.146. The lowest BCUT2D eigenvalue weighted by molar-refractivity contribution is 0.0193. The molecule has 5 rings (SSSR count). The lowest BCUT2D eigenvalue weighted by Gasteiger charge is -2.30. The quantitative estimate of drug-likeness (QED) is 0.112. The molecule has 1 aliphatic heterocycles. The van der Waals surface area contributed by atoms with Crippen LogP contribution in [-0.2, 0) is 32.0 Å². The Hall–Kier alpha value is -3.87. The van der Waals surface area contributed by atoms with Gasteiger partial charge in [-0.25, -0.2) is 18.7 Å². The van der Waals surface area contributed by atoms with Gasteiger partial charge in [-0.2, -0.15) is 8.42 Å². The first kappa shape index (κ1) is 32.5. The van der Waals surface area contributed by atoms with Gasteiger partial charge in [0, 0.05) is 35.7 Å². The van der Waals surface area contributed by atoms with E-state index in [9.17, 15) is 12.8 Å². The number of nitrogens with zero attached hydrogens (tertiary/aromatic N) is 2. The summed E-state index contributed by atoms with van der Waals surface area (Å²) in [4.78, 5) is 9.02. The summed E-state index contributed by atoms with van der Waals surface area (Å²) in [7, 11) is -2.31.